The second-order valence-corrected chi connectivity index (χ2v) is 6.93. The summed E-state index contributed by atoms with van der Waals surface area (Å²) in [6.45, 7) is 2.78. The molecule has 0 aliphatic carbocycles. The van der Waals surface area contributed by atoms with Crippen LogP contribution in [0.25, 0.3) is 0 Å². The molecular formula is C20H19ClN2O4. The lowest BCUT2D eigenvalue weighted by Crippen LogP contribution is -2.36. The predicted octanol–water partition coefficient (Wildman–Crippen LogP) is 3.42. The van der Waals surface area contributed by atoms with Crippen molar-refractivity contribution in [2.24, 2.45) is 0 Å². The van der Waals surface area contributed by atoms with E-state index < -0.39 is 6.10 Å². The van der Waals surface area contributed by atoms with Gasteiger partial charge in [0.15, 0.2) is 0 Å². The van der Waals surface area contributed by atoms with E-state index in [4.69, 9.17) is 21.1 Å². The van der Waals surface area contributed by atoms with Crippen LogP contribution in [0.5, 0.6) is 0 Å². The van der Waals surface area contributed by atoms with Gasteiger partial charge in [-0.1, -0.05) is 29.8 Å². The molecule has 2 heterocycles. The van der Waals surface area contributed by atoms with Crippen LogP contribution >= 0.6 is 11.6 Å². The molecule has 1 fully saturated rings. The molecule has 0 spiro atoms. The summed E-state index contributed by atoms with van der Waals surface area (Å²) in [6.07, 6.45) is -0.516. The van der Waals surface area contributed by atoms with Crippen LogP contribution in [0.15, 0.2) is 42.5 Å². The number of ether oxygens (including phenoxy) is 2. The Kier molecular flexibility index (Phi) is 5.01. The monoisotopic (exact) mass is 386 g/mol. The lowest BCUT2D eigenvalue weighted by Gasteiger charge is -2.30. The third-order valence-electron chi connectivity index (χ3n) is 4.73. The molecule has 1 N–H and O–H groups in total. The van der Waals surface area contributed by atoms with Crippen LogP contribution in [-0.2, 0) is 14.3 Å². The maximum atomic E-state index is 12.6. The average molecular weight is 387 g/mol. The zero-order valence-corrected chi connectivity index (χ0v) is 15.4. The third kappa shape index (κ3) is 3.77. The number of nitrogens with zero attached hydrogens (tertiary/aromatic N) is 1. The molecule has 2 aromatic carbocycles. The van der Waals surface area contributed by atoms with Gasteiger partial charge in [0.1, 0.15) is 6.10 Å². The van der Waals surface area contributed by atoms with Gasteiger partial charge in [0, 0.05) is 23.7 Å². The van der Waals surface area contributed by atoms with Crippen LogP contribution in [0.1, 0.15) is 28.4 Å². The maximum absolute atomic E-state index is 12.6. The summed E-state index contributed by atoms with van der Waals surface area (Å²) < 4.78 is 10.8. The number of rotatable bonds is 4. The highest BCUT2D eigenvalue weighted by Crippen LogP contribution is 2.34. The fourth-order valence-electron chi connectivity index (χ4n) is 3.43. The van der Waals surface area contributed by atoms with E-state index in [2.05, 4.69) is 10.2 Å². The van der Waals surface area contributed by atoms with Gasteiger partial charge in [-0.15, -0.1) is 0 Å². The summed E-state index contributed by atoms with van der Waals surface area (Å²) >= 11 is 6.13. The minimum Gasteiger partial charge on any atom is -0.453 e. The largest absolute Gasteiger partial charge is 0.453 e. The van der Waals surface area contributed by atoms with Crippen molar-refractivity contribution in [3.8, 4) is 0 Å². The second kappa shape index (κ2) is 7.58. The molecule has 1 amide bonds. The Bertz CT molecular complexity index is 880. The Labute approximate surface area is 162 Å². The number of nitrogens with one attached hydrogen (secondary N) is 1. The molecule has 0 bridgehead atoms. The molecule has 2 aliphatic rings. The predicted molar refractivity (Wildman–Crippen MR) is 102 cm³/mol. The fraction of sp³-hybridized carbons (Fsp3) is 0.300. The summed E-state index contributed by atoms with van der Waals surface area (Å²) in [4.78, 5) is 26.7. The Hall–Kier alpha value is -2.57. The Morgan fingerprint density at radius 1 is 1.19 bits per heavy atom. The molecule has 1 saturated heterocycles. The summed E-state index contributed by atoms with van der Waals surface area (Å²) in [6, 6.07) is 12.6. The van der Waals surface area contributed by atoms with Gasteiger partial charge in [0.05, 0.1) is 36.6 Å². The molecule has 27 heavy (non-hydrogen) atoms. The van der Waals surface area contributed by atoms with Crippen LogP contribution in [0.2, 0.25) is 5.02 Å². The highest BCUT2D eigenvalue weighted by molar-refractivity contribution is 6.31. The van der Waals surface area contributed by atoms with Crippen molar-refractivity contribution in [2.75, 3.05) is 36.5 Å². The van der Waals surface area contributed by atoms with E-state index in [0.29, 0.717) is 29.5 Å². The van der Waals surface area contributed by atoms with E-state index in [1.807, 2.05) is 18.2 Å². The van der Waals surface area contributed by atoms with Crippen LogP contribution in [0.3, 0.4) is 0 Å². The van der Waals surface area contributed by atoms with Crippen molar-refractivity contribution >= 4 is 34.9 Å². The molecule has 0 aromatic heterocycles. The first-order valence-electron chi connectivity index (χ1n) is 8.84. The van der Waals surface area contributed by atoms with Crippen LogP contribution in [-0.4, -0.2) is 38.2 Å². The number of carbonyl (C=O) groups is 2. The first-order valence-corrected chi connectivity index (χ1v) is 9.21. The number of halogens is 1. The molecule has 140 valence electrons. The third-order valence-corrected chi connectivity index (χ3v) is 4.97. The number of benzene rings is 2. The van der Waals surface area contributed by atoms with Gasteiger partial charge < -0.3 is 19.7 Å². The van der Waals surface area contributed by atoms with Crippen molar-refractivity contribution < 1.29 is 19.1 Å². The van der Waals surface area contributed by atoms with Crippen LogP contribution in [0, 0.1) is 0 Å². The first-order chi connectivity index (χ1) is 13.1. The van der Waals surface area contributed by atoms with E-state index in [0.717, 1.165) is 24.3 Å². The number of fused-ring (bicyclic) bond motifs is 1. The zero-order chi connectivity index (χ0) is 18.8. The molecule has 4 rings (SSSR count). The van der Waals surface area contributed by atoms with Crippen LogP contribution < -0.4 is 10.2 Å². The number of esters is 1. The highest BCUT2D eigenvalue weighted by Gasteiger charge is 2.32. The molecule has 1 atom stereocenters. The minimum absolute atomic E-state index is 0.0534. The Morgan fingerprint density at radius 2 is 1.96 bits per heavy atom. The lowest BCUT2D eigenvalue weighted by molar-refractivity contribution is -0.118. The molecule has 0 unspecified atom stereocenters. The second-order valence-electron chi connectivity index (χ2n) is 6.49. The standard InChI is InChI=1S/C20H19ClN2O4/c21-13-5-6-17(23-7-9-26-10-8-23)16(11-13)22-19(24)12-18-14-3-1-2-4-15(14)20(25)27-18/h1-6,11,18H,7-10,12H2,(H,22,24)/t18-/m0/s1. The SMILES string of the molecule is O=C(C[C@@H]1OC(=O)c2ccccc21)Nc1cc(Cl)ccc1N1CCOCC1. The van der Waals surface area contributed by atoms with E-state index in [-0.39, 0.29) is 18.3 Å². The van der Waals surface area contributed by atoms with Gasteiger partial charge in [0.2, 0.25) is 5.91 Å². The van der Waals surface area contributed by atoms with Crippen molar-refractivity contribution in [1.82, 2.24) is 0 Å². The minimum atomic E-state index is -0.570. The Morgan fingerprint density at radius 3 is 2.78 bits per heavy atom. The quantitative estimate of drug-likeness (QED) is 0.815. The molecule has 7 heteroatoms. The van der Waals surface area contributed by atoms with Crippen molar-refractivity contribution in [3.05, 3.63) is 58.6 Å². The van der Waals surface area contributed by atoms with Gasteiger partial charge >= 0.3 is 5.97 Å². The molecule has 2 aliphatic heterocycles. The van der Waals surface area contributed by atoms with Crippen molar-refractivity contribution in [3.63, 3.8) is 0 Å². The van der Waals surface area contributed by atoms with Gasteiger partial charge in [-0.25, -0.2) is 4.79 Å². The summed E-state index contributed by atoms with van der Waals surface area (Å²) in [7, 11) is 0. The molecule has 0 saturated carbocycles. The van der Waals surface area contributed by atoms with Crippen molar-refractivity contribution in [2.45, 2.75) is 12.5 Å². The zero-order valence-electron chi connectivity index (χ0n) is 14.6. The van der Waals surface area contributed by atoms with Gasteiger partial charge in [-0.3, -0.25) is 4.79 Å². The maximum Gasteiger partial charge on any atom is 0.339 e. The van der Waals surface area contributed by atoms with Gasteiger partial charge in [-0.05, 0) is 24.3 Å². The number of cyclic esters (lactones) is 1. The summed E-state index contributed by atoms with van der Waals surface area (Å²) in [5.41, 5.74) is 2.82. The number of hydrogen-bond donors (Lipinski definition) is 1. The topological polar surface area (TPSA) is 67.9 Å². The number of amides is 1. The molecule has 0 radical (unpaired) electrons. The highest BCUT2D eigenvalue weighted by atomic mass is 35.5. The fourth-order valence-corrected chi connectivity index (χ4v) is 3.60. The first kappa shape index (κ1) is 17.8. The summed E-state index contributed by atoms with van der Waals surface area (Å²) in [5.74, 6) is -0.624. The normalized spacial score (nSPS) is 18.8. The van der Waals surface area contributed by atoms with Crippen molar-refractivity contribution in [1.29, 1.82) is 0 Å². The summed E-state index contributed by atoms with van der Waals surface area (Å²) in [5, 5.41) is 3.47. The number of carbonyl (C=O) groups excluding carboxylic acids is 2. The van der Waals surface area contributed by atoms with Gasteiger partial charge in [0.25, 0.3) is 0 Å². The molecule has 6 nitrogen and oxygen atoms in total. The molecule has 2 aromatic rings. The number of morpholine rings is 1. The van der Waals surface area contributed by atoms with Crippen LogP contribution in [0.4, 0.5) is 11.4 Å². The smallest absolute Gasteiger partial charge is 0.339 e. The van der Waals surface area contributed by atoms with E-state index in [1.165, 1.54) is 0 Å². The average Bonchev–Trinajstić information content (AvgIpc) is 2.98. The number of anilines is 2. The van der Waals surface area contributed by atoms with Gasteiger partial charge in [-0.2, -0.15) is 0 Å². The van der Waals surface area contributed by atoms with E-state index in [1.54, 1.807) is 24.3 Å². The Balaban J connectivity index is 1.50. The molecular weight excluding hydrogens is 368 g/mol. The number of hydrogen-bond acceptors (Lipinski definition) is 5. The lowest BCUT2D eigenvalue weighted by atomic mass is 10.0. The van der Waals surface area contributed by atoms with E-state index in [9.17, 15) is 9.59 Å². The van der Waals surface area contributed by atoms with E-state index >= 15 is 0 Å².